The van der Waals surface area contributed by atoms with E-state index in [4.69, 9.17) is 5.11 Å². The number of aliphatic hydroxyl groups excluding tert-OH is 1. The van der Waals surface area contributed by atoms with Crippen molar-refractivity contribution in [3.63, 3.8) is 0 Å². The van der Waals surface area contributed by atoms with Gasteiger partial charge in [0.25, 0.3) is 5.91 Å². The number of nitrogens with zero attached hydrogens (tertiary/aromatic N) is 1. The largest absolute Gasteiger partial charge is 0.394 e. The fourth-order valence-corrected chi connectivity index (χ4v) is 2.47. The average Bonchev–Trinajstić information content (AvgIpc) is 2.87. The number of thiophene rings is 1. The third kappa shape index (κ3) is 1.67. The number of carbonyl (C=O) groups is 1. The third-order valence-electron chi connectivity index (χ3n) is 2.62. The van der Waals surface area contributed by atoms with Crippen molar-refractivity contribution >= 4 is 17.2 Å². The van der Waals surface area contributed by atoms with Crippen molar-refractivity contribution in [1.29, 1.82) is 0 Å². The number of hydrogen-bond donors (Lipinski definition) is 1. The van der Waals surface area contributed by atoms with Crippen LogP contribution < -0.4 is 0 Å². The molecule has 1 fully saturated rings. The predicted molar refractivity (Wildman–Crippen MR) is 55.5 cm³/mol. The van der Waals surface area contributed by atoms with E-state index in [1.807, 2.05) is 16.8 Å². The summed E-state index contributed by atoms with van der Waals surface area (Å²) < 4.78 is 0. The summed E-state index contributed by atoms with van der Waals surface area (Å²) in [6.45, 7) is 0.857. The van der Waals surface area contributed by atoms with Gasteiger partial charge in [0.1, 0.15) is 0 Å². The number of amides is 1. The molecule has 0 spiro atoms. The summed E-state index contributed by atoms with van der Waals surface area (Å²) in [4.78, 5) is 13.7. The van der Waals surface area contributed by atoms with Crippen LogP contribution in [0.5, 0.6) is 0 Å². The lowest BCUT2D eigenvalue weighted by atomic mass is 10.2. The normalized spacial score (nSPS) is 21.5. The van der Waals surface area contributed by atoms with E-state index in [-0.39, 0.29) is 18.6 Å². The van der Waals surface area contributed by atoms with Gasteiger partial charge in [0.15, 0.2) is 0 Å². The molecule has 2 rings (SSSR count). The first kappa shape index (κ1) is 9.68. The highest BCUT2D eigenvalue weighted by atomic mass is 32.1. The molecule has 0 bridgehead atoms. The zero-order chi connectivity index (χ0) is 9.97. The van der Waals surface area contributed by atoms with Crippen LogP contribution in [0.4, 0.5) is 0 Å². The van der Waals surface area contributed by atoms with E-state index >= 15 is 0 Å². The predicted octanol–water partition coefficient (Wildman–Crippen LogP) is 1.34. The summed E-state index contributed by atoms with van der Waals surface area (Å²) in [6, 6.07) is 1.86. The van der Waals surface area contributed by atoms with Crippen LogP contribution in [0.2, 0.25) is 0 Å². The highest BCUT2D eigenvalue weighted by Gasteiger charge is 2.28. The summed E-state index contributed by atoms with van der Waals surface area (Å²) in [7, 11) is 0. The number of aliphatic hydroxyl groups is 1. The molecule has 0 saturated carbocycles. The molecule has 0 unspecified atom stereocenters. The second-order valence-electron chi connectivity index (χ2n) is 3.49. The maximum Gasteiger partial charge on any atom is 0.255 e. The van der Waals surface area contributed by atoms with Crippen LogP contribution in [0.25, 0.3) is 0 Å². The Hall–Kier alpha value is -0.870. The maximum absolute atomic E-state index is 11.9. The van der Waals surface area contributed by atoms with Crippen molar-refractivity contribution < 1.29 is 9.90 Å². The maximum atomic E-state index is 11.9. The number of likely N-dealkylation sites (tertiary alicyclic amines) is 1. The van der Waals surface area contributed by atoms with Gasteiger partial charge in [-0.3, -0.25) is 4.79 Å². The molecular weight excluding hydrogens is 198 g/mol. The van der Waals surface area contributed by atoms with Crippen LogP contribution in [0, 0.1) is 0 Å². The monoisotopic (exact) mass is 211 g/mol. The zero-order valence-electron chi connectivity index (χ0n) is 7.85. The number of carbonyl (C=O) groups excluding carboxylic acids is 1. The molecule has 1 aliphatic rings. The Morgan fingerprint density at radius 2 is 2.57 bits per heavy atom. The fourth-order valence-electron chi connectivity index (χ4n) is 1.84. The highest BCUT2D eigenvalue weighted by molar-refractivity contribution is 7.08. The summed E-state index contributed by atoms with van der Waals surface area (Å²) in [5, 5.41) is 12.8. The molecule has 1 aromatic heterocycles. The third-order valence-corrected chi connectivity index (χ3v) is 3.30. The molecule has 1 saturated heterocycles. The van der Waals surface area contributed by atoms with E-state index in [0.717, 1.165) is 24.9 Å². The molecule has 0 radical (unpaired) electrons. The molecule has 1 amide bonds. The summed E-state index contributed by atoms with van der Waals surface area (Å²) in [5.41, 5.74) is 0.746. The van der Waals surface area contributed by atoms with Crippen molar-refractivity contribution in [3.8, 4) is 0 Å². The van der Waals surface area contributed by atoms with E-state index < -0.39 is 0 Å². The number of rotatable bonds is 2. The Morgan fingerprint density at radius 1 is 1.71 bits per heavy atom. The summed E-state index contributed by atoms with van der Waals surface area (Å²) in [5.74, 6) is 0.0581. The quantitative estimate of drug-likeness (QED) is 0.802. The molecule has 14 heavy (non-hydrogen) atoms. The van der Waals surface area contributed by atoms with Gasteiger partial charge in [-0.05, 0) is 24.3 Å². The van der Waals surface area contributed by atoms with Crippen LogP contribution >= 0.6 is 11.3 Å². The molecule has 1 atom stereocenters. The van der Waals surface area contributed by atoms with E-state index in [0.29, 0.717) is 0 Å². The lowest BCUT2D eigenvalue weighted by molar-refractivity contribution is 0.0678. The summed E-state index contributed by atoms with van der Waals surface area (Å²) in [6.07, 6.45) is 1.92. The summed E-state index contributed by atoms with van der Waals surface area (Å²) >= 11 is 1.53. The van der Waals surface area contributed by atoms with Crippen LogP contribution in [0.15, 0.2) is 16.8 Å². The van der Waals surface area contributed by atoms with E-state index in [9.17, 15) is 4.79 Å². The van der Waals surface area contributed by atoms with Crippen LogP contribution in [0.1, 0.15) is 23.2 Å². The highest BCUT2D eigenvalue weighted by Crippen LogP contribution is 2.20. The topological polar surface area (TPSA) is 40.5 Å². The minimum absolute atomic E-state index is 0.0300. The van der Waals surface area contributed by atoms with Crippen LogP contribution in [-0.2, 0) is 0 Å². The van der Waals surface area contributed by atoms with Gasteiger partial charge in [-0.2, -0.15) is 11.3 Å². The van der Waals surface area contributed by atoms with E-state index in [1.54, 1.807) is 4.90 Å². The van der Waals surface area contributed by atoms with Gasteiger partial charge in [0.05, 0.1) is 18.2 Å². The van der Waals surface area contributed by atoms with Crippen molar-refractivity contribution in [3.05, 3.63) is 22.4 Å². The number of hydrogen-bond acceptors (Lipinski definition) is 3. The fraction of sp³-hybridized carbons (Fsp3) is 0.500. The van der Waals surface area contributed by atoms with Crippen molar-refractivity contribution in [2.24, 2.45) is 0 Å². The molecule has 76 valence electrons. The Balaban J connectivity index is 2.11. The van der Waals surface area contributed by atoms with Gasteiger partial charge in [-0.1, -0.05) is 0 Å². The van der Waals surface area contributed by atoms with Gasteiger partial charge in [0, 0.05) is 11.9 Å². The Labute approximate surface area is 87.0 Å². The molecular formula is C10H13NO2S. The molecule has 0 aromatic carbocycles. The SMILES string of the molecule is O=C(c1ccsc1)N1CCC[C@H]1CO. The van der Waals surface area contributed by atoms with Crippen LogP contribution in [0.3, 0.4) is 0 Å². The second-order valence-corrected chi connectivity index (χ2v) is 4.27. The van der Waals surface area contributed by atoms with Gasteiger partial charge in [0.2, 0.25) is 0 Å². The Morgan fingerprint density at radius 3 is 3.21 bits per heavy atom. The molecule has 1 aliphatic heterocycles. The van der Waals surface area contributed by atoms with Crippen LogP contribution in [-0.4, -0.2) is 35.1 Å². The smallest absolute Gasteiger partial charge is 0.255 e. The molecule has 1 N–H and O–H groups in total. The van der Waals surface area contributed by atoms with Gasteiger partial charge in [-0.15, -0.1) is 0 Å². The van der Waals surface area contributed by atoms with Gasteiger partial charge < -0.3 is 10.0 Å². The molecule has 2 heterocycles. The second kappa shape index (κ2) is 4.11. The van der Waals surface area contributed by atoms with Gasteiger partial charge >= 0.3 is 0 Å². The molecule has 1 aromatic rings. The van der Waals surface area contributed by atoms with Crippen molar-refractivity contribution in [1.82, 2.24) is 4.90 Å². The van der Waals surface area contributed by atoms with E-state index in [1.165, 1.54) is 11.3 Å². The Bertz CT molecular complexity index is 310. The molecule has 0 aliphatic carbocycles. The lowest BCUT2D eigenvalue weighted by Gasteiger charge is -2.22. The van der Waals surface area contributed by atoms with Crippen molar-refractivity contribution in [2.75, 3.05) is 13.2 Å². The standard InChI is InChI=1S/C10H13NO2S/c12-6-9-2-1-4-11(9)10(13)8-3-5-14-7-8/h3,5,7,9,12H,1-2,4,6H2/t9-/m0/s1. The first-order chi connectivity index (χ1) is 6.83. The Kier molecular flexibility index (Phi) is 2.84. The average molecular weight is 211 g/mol. The minimum atomic E-state index is 0.0300. The van der Waals surface area contributed by atoms with Crippen molar-refractivity contribution in [2.45, 2.75) is 18.9 Å². The van der Waals surface area contributed by atoms with Gasteiger partial charge in [-0.25, -0.2) is 0 Å². The minimum Gasteiger partial charge on any atom is -0.394 e. The lowest BCUT2D eigenvalue weighted by Crippen LogP contribution is -2.37. The molecule has 3 nitrogen and oxygen atoms in total. The molecule has 4 heteroatoms. The first-order valence-electron chi connectivity index (χ1n) is 4.77. The zero-order valence-corrected chi connectivity index (χ0v) is 8.67. The first-order valence-corrected chi connectivity index (χ1v) is 5.71. The van der Waals surface area contributed by atoms with E-state index in [2.05, 4.69) is 0 Å².